The van der Waals surface area contributed by atoms with Crippen LogP contribution in [-0.4, -0.2) is 29.9 Å². The number of H-pyrrole nitrogens is 3. The molecule has 0 fully saturated rings. The van der Waals surface area contributed by atoms with Crippen molar-refractivity contribution < 1.29 is 0 Å². The molecule has 168 valence electrons. The van der Waals surface area contributed by atoms with Gasteiger partial charge in [0, 0.05) is 11.1 Å². The normalized spacial score (nSPS) is 11.7. The van der Waals surface area contributed by atoms with E-state index in [2.05, 4.69) is 68.5 Å². The zero-order valence-electron chi connectivity index (χ0n) is 18.5. The lowest BCUT2D eigenvalue weighted by Crippen LogP contribution is -1.81. The predicted octanol–water partition coefficient (Wildman–Crippen LogP) is 7.06. The Labute approximate surface area is 205 Å². The van der Waals surface area contributed by atoms with Crippen LogP contribution < -0.4 is 0 Å². The highest BCUT2D eigenvalue weighted by atomic mass is 35.5. The van der Waals surface area contributed by atoms with Crippen molar-refractivity contribution in [3.05, 3.63) is 90.8 Å². The molecule has 3 aromatic heterocycles. The van der Waals surface area contributed by atoms with Gasteiger partial charge < -0.3 is 15.0 Å². The third kappa shape index (κ3) is 3.47. The second kappa shape index (κ2) is 7.82. The van der Waals surface area contributed by atoms with E-state index >= 15 is 0 Å². The SMILES string of the molecule is ClCc1nc2ccc(-c3nc4ccc(-c5nc6ccc(-c7ccccc7)cc6[nH]5)cc4[nH]3)cc2[nH]1. The molecule has 6 nitrogen and oxygen atoms in total. The summed E-state index contributed by atoms with van der Waals surface area (Å²) in [5, 5.41) is 0. The maximum Gasteiger partial charge on any atom is 0.138 e. The third-order valence-electron chi connectivity index (χ3n) is 6.28. The van der Waals surface area contributed by atoms with Crippen LogP contribution in [0, 0.1) is 0 Å². The number of nitrogens with one attached hydrogen (secondary N) is 3. The van der Waals surface area contributed by atoms with Gasteiger partial charge in [-0.05, 0) is 59.7 Å². The highest BCUT2D eigenvalue weighted by molar-refractivity contribution is 6.16. The number of nitrogens with zero attached hydrogens (tertiary/aromatic N) is 3. The van der Waals surface area contributed by atoms with Crippen LogP contribution in [0.3, 0.4) is 0 Å². The molecule has 7 rings (SSSR count). The van der Waals surface area contributed by atoms with Crippen LogP contribution in [0.15, 0.2) is 84.9 Å². The molecule has 0 spiro atoms. The van der Waals surface area contributed by atoms with Crippen molar-refractivity contribution >= 4 is 44.7 Å². The number of rotatable bonds is 4. The maximum atomic E-state index is 5.92. The standard InChI is InChI=1S/C28H19ClN6/c29-15-26-30-20-10-7-18(13-23(20)31-26)27-33-22-11-8-19(14-25(22)35-27)28-32-21-9-6-17(12-24(21)34-28)16-4-2-1-3-5-16/h1-14H,15H2,(H,30,31)(H,32,34)(H,33,35). The molecule has 0 saturated heterocycles. The van der Waals surface area contributed by atoms with Crippen molar-refractivity contribution in [2.45, 2.75) is 5.88 Å². The number of hydrogen-bond acceptors (Lipinski definition) is 3. The topological polar surface area (TPSA) is 86.0 Å². The Morgan fingerprint density at radius 2 is 1.03 bits per heavy atom. The second-order valence-corrected chi connectivity index (χ2v) is 8.82. The van der Waals surface area contributed by atoms with Gasteiger partial charge in [-0.3, -0.25) is 0 Å². The molecular weight excluding hydrogens is 456 g/mol. The van der Waals surface area contributed by atoms with Crippen LogP contribution in [0.1, 0.15) is 5.82 Å². The van der Waals surface area contributed by atoms with E-state index in [0.717, 1.165) is 67.3 Å². The molecule has 7 heteroatoms. The summed E-state index contributed by atoms with van der Waals surface area (Å²) in [4.78, 5) is 24.3. The van der Waals surface area contributed by atoms with Crippen molar-refractivity contribution in [1.29, 1.82) is 0 Å². The number of aromatic nitrogens is 6. The summed E-state index contributed by atoms with van der Waals surface area (Å²) in [6, 6.07) is 28.9. The van der Waals surface area contributed by atoms with Crippen LogP contribution in [0.2, 0.25) is 0 Å². The Kier molecular flexibility index (Phi) is 4.47. The smallest absolute Gasteiger partial charge is 0.138 e. The van der Waals surface area contributed by atoms with E-state index in [1.54, 1.807) is 0 Å². The van der Waals surface area contributed by atoms with Crippen molar-refractivity contribution in [1.82, 2.24) is 29.9 Å². The molecule has 0 saturated carbocycles. The van der Waals surface area contributed by atoms with Gasteiger partial charge in [-0.15, -0.1) is 11.6 Å². The van der Waals surface area contributed by atoms with E-state index in [9.17, 15) is 0 Å². The first-order chi connectivity index (χ1) is 17.2. The number of alkyl halides is 1. The molecule has 0 atom stereocenters. The largest absolute Gasteiger partial charge is 0.341 e. The summed E-state index contributed by atoms with van der Waals surface area (Å²) in [5.41, 5.74) is 9.97. The molecule has 0 unspecified atom stereocenters. The van der Waals surface area contributed by atoms with E-state index in [-0.39, 0.29) is 0 Å². The van der Waals surface area contributed by atoms with Crippen LogP contribution in [0.5, 0.6) is 0 Å². The molecule has 0 amide bonds. The average molecular weight is 475 g/mol. The first-order valence-corrected chi connectivity index (χ1v) is 11.9. The van der Waals surface area contributed by atoms with Gasteiger partial charge in [0.25, 0.3) is 0 Å². The lowest BCUT2D eigenvalue weighted by Gasteiger charge is -2.00. The first-order valence-electron chi connectivity index (χ1n) is 11.3. The van der Waals surface area contributed by atoms with E-state index in [4.69, 9.17) is 21.6 Å². The van der Waals surface area contributed by atoms with Gasteiger partial charge in [-0.2, -0.15) is 0 Å². The Morgan fingerprint density at radius 3 is 1.63 bits per heavy atom. The minimum atomic E-state index is 0.354. The second-order valence-electron chi connectivity index (χ2n) is 8.55. The molecule has 3 heterocycles. The number of benzene rings is 4. The van der Waals surface area contributed by atoms with Crippen molar-refractivity contribution in [3.8, 4) is 33.9 Å². The lowest BCUT2D eigenvalue weighted by atomic mass is 10.1. The van der Waals surface area contributed by atoms with Gasteiger partial charge in [0.1, 0.15) is 17.5 Å². The number of halogens is 1. The predicted molar refractivity (Wildman–Crippen MR) is 141 cm³/mol. The van der Waals surface area contributed by atoms with Gasteiger partial charge in [0.15, 0.2) is 0 Å². The zero-order chi connectivity index (χ0) is 23.4. The summed E-state index contributed by atoms with van der Waals surface area (Å²) < 4.78 is 0. The van der Waals surface area contributed by atoms with Crippen LogP contribution >= 0.6 is 11.6 Å². The van der Waals surface area contributed by atoms with Crippen LogP contribution in [-0.2, 0) is 5.88 Å². The Bertz CT molecular complexity index is 1840. The molecule has 0 aliphatic rings. The fourth-order valence-corrected chi connectivity index (χ4v) is 4.65. The minimum Gasteiger partial charge on any atom is -0.341 e. The number of hydrogen-bond donors (Lipinski definition) is 3. The molecule has 3 N–H and O–H groups in total. The van der Waals surface area contributed by atoms with Gasteiger partial charge in [-0.25, -0.2) is 15.0 Å². The lowest BCUT2D eigenvalue weighted by molar-refractivity contribution is 1.13. The fraction of sp³-hybridized carbons (Fsp3) is 0.0357. The summed E-state index contributed by atoms with van der Waals surface area (Å²) in [5.74, 6) is 2.75. The zero-order valence-corrected chi connectivity index (χ0v) is 19.3. The maximum absolute atomic E-state index is 5.92. The van der Waals surface area contributed by atoms with Crippen molar-refractivity contribution in [2.75, 3.05) is 0 Å². The summed E-state index contributed by atoms with van der Waals surface area (Å²) in [6.45, 7) is 0. The molecule has 7 aromatic rings. The molecular formula is C28H19ClN6. The Hall–Kier alpha value is -4.42. The Balaban J connectivity index is 1.25. The molecule has 35 heavy (non-hydrogen) atoms. The van der Waals surface area contributed by atoms with Gasteiger partial charge in [0.2, 0.25) is 0 Å². The minimum absolute atomic E-state index is 0.354. The number of aromatic amines is 3. The van der Waals surface area contributed by atoms with Crippen LogP contribution in [0.4, 0.5) is 0 Å². The van der Waals surface area contributed by atoms with Crippen LogP contribution in [0.25, 0.3) is 67.0 Å². The van der Waals surface area contributed by atoms with Gasteiger partial charge in [0.05, 0.1) is 39.0 Å². The third-order valence-corrected chi connectivity index (χ3v) is 6.53. The number of fused-ring (bicyclic) bond motifs is 3. The van der Waals surface area contributed by atoms with E-state index in [1.165, 1.54) is 5.56 Å². The Morgan fingerprint density at radius 1 is 0.514 bits per heavy atom. The molecule has 0 aliphatic heterocycles. The van der Waals surface area contributed by atoms with Gasteiger partial charge in [-0.1, -0.05) is 36.4 Å². The number of imidazole rings is 3. The van der Waals surface area contributed by atoms with E-state index in [1.807, 2.05) is 36.4 Å². The summed E-state index contributed by atoms with van der Waals surface area (Å²) in [7, 11) is 0. The van der Waals surface area contributed by atoms with E-state index in [0.29, 0.717) is 5.88 Å². The monoisotopic (exact) mass is 474 g/mol. The first kappa shape index (κ1) is 20.0. The average Bonchev–Trinajstić information content (AvgIpc) is 3.63. The summed E-state index contributed by atoms with van der Waals surface area (Å²) >= 11 is 5.92. The van der Waals surface area contributed by atoms with Crippen molar-refractivity contribution in [2.24, 2.45) is 0 Å². The molecule has 0 aliphatic carbocycles. The molecule has 4 aromatic carbocycles. The highest BCUT2D eigenvalue weighted by Gasteiger charge is 2.12. The summed E-state index contributed by atoms with van der Waals surface area (Å²) in [6.07, 6.45) is 0. The molecule has 0 radical (unpaired) electrons. The quantitative estimate of drug-likeness (QED) is 0.239. The van der Waals surface area contributed by atoms with Gasteiger partial charge >= 0.3 is 0 Å². The van der Waals surface area contributed by atoms with E-state index < -0.39 is 0 Å². The molecule has 0 bridgehead atoms. The highest BCUT2D eigenvalue weighted by Crippen LogP contribution is 2.29. The van der Waals surface area contributed by atoms with Crippen molar-refractivity contribution in [3.63, 3.8) is 0 Å². The fourth-order valence-electron chi connectivity index (χ4n) is 4.52.